The number of hydrogen-bond donors (Lipinski definition) is 6. The number of amides is 1. The van der Waals surface area contributed by atoms with E-state index < -0.39 is 65.6 Å². The Balaban J connectivity index is 0.000000175. The molecule has 8 N–H and O–H groups in total. The number of aromatic amines is 1. The van der Waals surface area contributed by atoms with Crippen molar-refractivity contribution >= 4 is 17.7 Å². The van der Waals surface area contributed by atoms with Gasteiger partial charge in [-0.2, -0.15) is 4.39 Å². The van der Waals surface area contributed by atoms with Crippen LogP contribution in [0.15, 0.2) is 38.3 Å². The smallest absolute Gasteiger partial charge is 0.404 e. The quantitative estimate of drug-likeness (QED) is 0.147. The number of methoxy groups -OCH3 is 1. The predicted molar refractivity (Wildman–Crippen MR) is 133 cm³/mol. The van der Waals surface area contributed by atoms with Crippen molar-refractivity contribution in [3.05, 3.63) is 55.4 Å². The highest BCUT2D eigenvalue weighted by molar-refractivity contribution is 6.25. The lowest BCUT2D eigenvalue weighted by atomic mass is 9.82. The number of H-pyrrole nitrogens is 1. The van der Waals surface area contributed by atoms with Crippen LogP contribution in [-0.4, -0.2) is 99.2 Å². The Labute approximate surface area is 230 Å². The lowest BCUT2D eigenvalue weighted by Gasteiger charge is -2.39. The second-order valence-electron chi connectivity index (χ2n) is 10.2. The summed E-state index contributed by atoms with van der Waals surface area (Å²) in [6.45, 7) is 1.51. The zero-order valence-electron chi connectivity index (χ0n) is 22.0. The van der Waals surface area contributed by atoms with Gasteiger partial charge in [-0.25, -0.2) is 9.59 Å². The van der Waals surface area contributed by atoms with Gasteiger partial charge in [0.2, 0.25) is 17.4 Å². The lowest BCUT2D eigenvalue weighted by molar-refractivity contribution is -0.137. The molecule has 3 saturated heterocycles. The van der Waals surface area contributed by atoms with Crippen LogP contribution in [-0.2, 0) is 23.8 Å². The molecular weight excluding hydrogens is 551 g/mol. The predicted octanol–water partition coefficient (Wildman–Crippen LogP) is -3.33. The summed E-state index contributed by atoms with van der Waals surface area (Å²) in [5.74, 6) is -2.46. The van der Waals surface area contributed by atoms with Gasteiger partial charge in [-0.3, -0.25) is 23.9 Å². The number of nitrogens with zero attached hydrogens (tertiary/aromatic N) is 2. The largest absolute Gasteiger partial charge is 0.449 e. The molecule has 41 heavy (non-hydrogen) atoms. The molecule has 3 fully saturated rings. The fraction of sp³-hybridized carbons (Fsp3) is 0.542. The highest BCUT2D eigenvalue weighted by atomic mass is 19.1. The van der Waals surface area contributed by atoms with Crippen LogP contribution in [0, 0.1) is 11.7 Å². The molecule has 1 aromatic rings. The Kier molecular flexibility index (Phi) is 7.11. The number of aliphatic hydroxyl groups is 2. The van der Waals surface area contributed by atoms with Crippen LogP contribution in [0.25, 0.3) is 0 Å². The highest BCUT2D eigenvalue weighted by Gasteiger charge is 2.72. The zero-order chi connectivity index (χ0) is 30.0. The van der Waals surface area contributed by atoms with E-state index in [4.69, 9.17) is 30.8 Å². The summed E-state index contributed by atoms with van der Waals surface area (Å²) in [6, 6.07) is 0.109. The van der Waals surface area contributed by atoms with Gasteiger partial charge in [-0.15, -0.1) is 0 Å². The minimum absolute atomic E-state index is 0.0383. The molecule has 5 heterocycles. The van der Waals surface area contributed by atoms with Gasteiger partial charge in [-0.05, 0) is 6.92 Å². The van der Waals surface area contributed by atoms with E-state index in [0.29, 0.717) is 12.2 Å². The number of Topliss-reactive ketones (excluding diaryl/α,β-unsaturated/α-hetero) is 2. The fourth-order valence-electron chi connectivity index (χ4n) is 6.03. The Morgan fingerprint density at radius 2 is 2.00 bits per heavy atom. The normalized spacial score (nSPS) is 33.3. The monoisotopic (exact) mass is 580 g/mol. The van der Waals surface area contributed by atoms with Gasteiger partial charge in [-0.1, -0.05) is 0 Å². The van der Waals surface area contributed by atoms with Crippen LogP contribution in [0.2, 0.25) is 0 Å². The van der Waals surface area contributed by atoms with E-state index in [9.17, 15) is 33.5 Å². The lowest BCUT2D eigenvalue weighted by Crippen LogP contribution is -2.55. The maximum atomic E-state index is 13.0. The van der Waals surface area contributed by atoms with Gasteiger partial charge in [0.1, 0.15) is 18.9 Å². The second-order valence-corrected chi connectivity index (χ2v) is 10.2. The first kappa shape index (κ1) is 28.6. The Morgan fingerprint density at radius 1 is 1.29 bits per heavy atom. The van der Waals surface area contributed by atoms with E-state index in [2.05, 4.69) is 5.32 Å². The molecule has 4 aliphatic heterocycles. The molecule has 1 amide bonds. The van der Waals surface area contributed by atoms with Crippen LogP contribution in [0.4, 0.5) is 9.18 Å². The van der Waals surface area contributed by atoms with Gasteiger partial charge >= 0.3 is 11.8 Å². The Bertz CT molecular complexity index is 1500. The van der Waals surface area contributed by atoms with Crippen LogP contribution in [0.1, 0.15) is 19.6 Å². The van der Waals surface area contributed by atoms with Gasteiger partial charge < -0.3 is 46.1 Å². The summed E-state index contributed by atoms with van der Waals surface area (Å²) in [7, 11) is 1.52. The first-order valence-corrected chi connectivity index (χ1v) is 12.6. The van der Waals surface area contributed by atoms with Crippen molar-refractivity contribution in [2.24, 2.45) is 17.4 Å². The zero-order valence-corrected chi connectivity index (χ0v) is 22.0. The van der Waals surface area contributed by atoms with Crippen LogP contribution < -0.4 is 28.0 Å². The number of aliphatic hydroxyl groups excluding tert-OH is 2. The number of carbonyl (C=O) groups excluding carboxylic acids is 3. The van der Waals surface area contributed by atoms with Crippen molar-refractivity contribution in [2.75, 3.05) is 26.9 Å². The minimum Gasteiger partial charge on any atom is -0.449 e. The van der Waals surface area contributed by atoms with Gasteiger partial charge in [0.25, 0.3) is 5.56 Å². The van der Waals surface area contributed by atoms with E-state index in [-0.39, 0.29) is 47.7 Å². The van der Waals surface area contributed by atoms with E-state index >= 15 is 0 Å². The van der Waals surface area contributed by atoms with E-state index in [1.807, 2.05) is 4.90 Å². The topological polar surface area (TPSA) is 251 Å². The number of piperazine rings is 1. The van der Waals surface area contributed by atoms with E-state index in [1.54, 1.807) is 4.98 Å². The van der Waals surface area contributed by atoms with E-state index in [1.165, 1.54) is 14.0 Å². The fourth-order valence-corrected chi connectivity index (χ4v) is 6.03. The third kappa shape index (κ3) is 4.36. The van der Waals surface area contributed by atoms with Crippen LogP contribution in [0.5, 0.6) is 0 Å². The molecule has 0 bridgehead atoms. The van der Waals surface area contributed by atoms with Crippen LogP contribution in [0.3, 0.4) is 0 Å². The summed E-state index contributed by atoms with van der Waals surface area (Å²) >= 11 is 0. The molecule has 0 unspecified atom stereocenters. The van der Waals surface area contributed by atoms with Gasteiger partial charge in [0.05, 0.1) is 42.3 Å². The minimum atomic E-state index is -1.12. The second kappa shape index (κ2) is 10.2. The van der Waals surface area contributed by atoms with Crippen molar-refractivity contribution in [3.8, 4) is 0 Å². The number of halogens is 1. The van der Waals surface area contributed by atoms with Crippen molar-refractivity contribution in [1.82, 2.24) is 19.8 Å². The standard InChI is InChI=1S/C15H18N4O5.C9H11FN2O5/c1-5-9(16)12(21)8-6(4-24-14(17)22)15(23-2)13-7(18-13)3-19(15)10(8)11(5)20;10-4-2-12(9(16)11-8(4)15)7-1-5(14)6(3-13)17-7/h6-7,13,18H,3-4,16H2,1-2H3,(H2,17,22);2,5-7,13-14H,1,3H2,(H,11,15,16)/t6-,7+,13+,15-;5-,6+,7+/m10/s1. The van der Waals surface area contributed by atoms with E-state index in [0.717, 1.165) is 10.8 Å². The maximum absolute atomic E-state index is 13.0. The Morgan fingerprint density at radius 3 is 2.61 bits per heavy atom. The molecule has 7 atom stereocenters. The summed E-state index contributed by atoms with van der Waals surface area (Å²) < 4.78 is 29.8. The number of ketones is 2. The van der Waals surface area contributed by atoms with Crippen molar-refractivity contribution in [2.45, 2.75) is 49.6 Å². The van der Waals surface area contributed by atoms with Gasteiger partial charge in [0, 0.05) is 37.3 Å². The number of rotatable bonds is 5. The number of primary amides is 1. The number of nitrogens with one attached hydrogen (secondary N) is 2. The third-order valence-corrected chi connectivity index (χ3v) is 8.09. The first-order chi connectivity index (χ1) is 19.4. The Hall–Kier alpha value is -3.90. The molecule has 17 heteroatoms. The SMILES string of the molecule is CO[C@@]12[C@H](COC(N)=O)C3=C(C(=O)C(C)=C(N)C3=O)N1C[C@@H]1N[C@@H]12.O=c1[nH]c(=O)n([C@H]2C[C@H](O)[C@@H](CO)O2)cc1F. The molecule has 6 rings (SSSR count). The number of aromatic nitrogens is 2. The summed E-state index contributed by atoms with van der Waals surface area (Å²) in [6.07, 6.45) is -2.85. The molecule has 16 nitrogen and oxygen atoms in total. The number of ether oxygens (including phenoxy) is 3. The third-order valence-electron chi connectivity index (χ3n) is 8.09. The molecular formula is C24H29FN6O10. The number of nitrogens with two attached hydrogens (primary N) is 2. The molecule has 1 aliphatic carbocycles. The number of carbonyl (C=O) groups is 3. The van der Waals surface area contributed by atoms with Crippen molar-refractivity contribution in [3.63, 3.8) is 0 Å². The summed E-state index contributed by atoms with van der Waals surface area (Å²) in [5.41, 5.74) is 8.74. The number of fused-ring (bicyclic) bond motifs is 4. The van der Waals surface area contributed by atoms with Crippen LogP contribution >= 0.6 is 0 Å². The molecule has 0 radical (unpaired) electrons. The molecule has 1 aromatic heterocycles. The average molecular weight is 581 g/mol. The van der Waals surface area contributed by atoms with Crippen molar-refractivity contribution < 1.29 is 43.2 Å². The molecule has 0 saturated carbocycles. The molecule has 222 valence electrons. The summed E-state index contributed by atoms with van der Waals surface area (Å²) in [4.78, 5) is 62.4. The highest BCUT2D eigenvalue weighted by Crippen LogP contribution is 2.55. The first-order valence-electron chi connectivity index (χ1n) is 12.6. The molecule has 5 aliphatic rings. The maximum Gasteiger partial charge on any atom is 0.404 e. The number of hydrogen-bond acceptors (Lipinski definition) is 13. The number of allylic oxidation sites excluding steroid dienone is 2. The average Bonchev–Trinajstić information content (AvgIpc) is 3.36. The summed E-state index contributed by atoms with van der Waals surface area (Å²) in [5, 5.41) is 21.6. The van der Waals surface area contributed by atoms with Crippen molar-refractivity contribution in [1.29, 1.82) is 0 Å². The molecule has 0 aromatic carbocycles. The van der Waals surface area contributed by atoms with Gasteiger partial charge in [0.15, 0.2) is 5.72 Å². The molecule has 0 spiro atoms.